The summed E-state index contributed by atoms with van der Waals surface area (Å²) in [5.41, 5.74) is 0.431. The van der Waals surface area contributed by atoms with Gasteiger partial charge < -0.3 is 9.64 Å². The summed E-state index contributed by atoms with van der Waals surface area (Å²) in [6, 6.07) is 0.107. The van der Waals surface area contributed by atoms with Crippen LogP contribution >= 0.6 is 11.7 Å². The molecule has 0 unspecified atom stereocenters. The molecule has 82 valence electrons. The van der Waals surface area contributed by atoms with Crippen LogP contribution in [0.25, 0.3) is 0 Å². The van der Waals surface area contributed by atoms with Crippen molar-refractivity contribution in [3.05, 3.63) is 11.9 Å². The maximum atomic E-state index is 12.0. The lowest BCUT2D eigenvalue weighted by Crippen LogP contribution is -2.50. The van der Waals surface area contributed by atoms with Crippen molar-refractivity contribution in [2.75, 3.05) is 13.2 Å². The van der Waals surface area contributed by atoms with Gasteiger partial charge in [0.2, 0.25) is 0 Å². The van der Waals surface area contributed by atoms with Gasteiger partial charge in [0.05, 0.1) is 36.7 Å². The number of carbonyl (C=O) groups excluding carboxylic acids is 1. The van der Waals surface area contributed by atoms with E-state index in [4.69, 9.17) is 4.74 Å². The highest BCUT2D eigenvalue weighted by molar-refractivity contribution is 6.99. The topological polar surface area (TPSA) is 55.3 Å². The normalized spacial score (nSPS) is 26.7. The van der Waals surface area contributed by atoms with Gasteiger partial charge in [-0.1, -0.05) is 0 Å². The Morgan fingerprint density at radius 2 is 2.47 bits per heavy atom. The lowest BCUT2D eigenvalue weighted by molar-refractivity contribution is -0.0388. The Balaban J connectivity index is 2.12. The Morgan fingerprint density at radius 3 is 3.13 bits per heavy atom. The minimum atomic E-state index is -0.0496. The van der Waals surface area contributed by atoms with Gasteiger partial charge in [-0.15, -0.1) is 0 Å². The van der Waals surface area contributed by atoms with E-state index in [1.165, 1.54) is 6.20 Å². The van der Waals surface area contributed by atoms with E-state index in [9.17, 15) is 4.79 Å². The quantitative estimate of drug-likeness (QED) is 0.711. The van der Waals surface area contributed by atoms with Crippen molar-refractivity contribution in [3.8, 4) is 0 Å². The summed E-state index contributed by atoms with van der Waals surface area (Å²) in [7, 11) is 0. The van der Waals surface area contributed by atoms with E-state index in [0.717, 1.165) is 11.7 Å². The monoisotopic (exact) mass is 227 g/mol. The summed E-state index contributed by atoms with van der Waals surface area (Å²) >= 11 is 1.06. The highest BCUT2D eigenvalue weighted by Gasteiger charge is 2.29. The van der Waals surface area contributed by atoms with Gasteiger partial charge in [0, 0.05) is 6.54 Å². The zero-order valence-corrected chi connectivity index (χ0v) is 9.53. The number of hydrogen-bond donors (Lipinski definition) is 0. The molecule has 0 aromatic carbocycles. The molecule has 0 N–H and O–H groups in total. The molecule has 2 atom stereocenters. The van der Waals surface area contributed by atoms with E-state index >= 15 is 0 Å². The Morgan fingerprint density at radius 1 is 1.67 bits per heavy atom. The molecular formula is C9H13N3O2S. The molecule has 0 saturated carbocycles. The second kappa shape index (κ2) is 4.24. The van der Waals surface area contributed by atoms with Crippen LogP contribution in [-0.2, 0) is 4.74 Å². The average Bonchev–Trinajstić information content (AvgIpc) is 2.74. The SMILES string of the molecule is C[C@@H]1CN(C(=O)c2cnsn2)[C@@H](C)CO1. The van der Waals surface area contributed by atoms with E-state index < -0.39 is 0 Å². The molecule has 0 radical (unpaired) electrons. The fourth-order valence-corrected chi connectivity index (χ4v) is 2.00. The molecular weight excluding hydrogens is 214 g/mol. The molecule has 6 heteroatoms. The standard InChI is InChI=1S/C9H13N3O2S/c1-6-5-14-7(2)4-12(6)9(13)8-3-10-15-11-8/h3,6-7H,4-5H2,1-2H3/t6-,7+/m0/s1. The van der Waals surface area contributed by atoms with Crippen molar-refractivity contribution in [2.45, 2.75) is 26.0 Å². The third kappa shape index (κ3) is 2.15. The summed E-state index contributed by atoms with van der Waals surface area (Å²) in [4.78, 5) is 13.8. The van der Waals surface area contributed by atoms with Gasteiger partial charge in [-0.2, -0.15) is 8.75 Å². The first-order valence-electron chi connectivity index (χ1n) is 4.88. The van der Waals surface area contributed by atoms with Crippen molar-refractivity contribution in [2.24, 2.45) is 0 Å². The number of aromatic nitrogens is 2. The van der Waals surface area contributed by atoms with Crippen LogP contribution in [0, 0.1) is 0 Å². The van der Waals surface area contributed by atoms with E-state index in [0.29, 0.717) is 18.8 Å². The van der Waals surface area contributed by atoms with Gasteiger partial charge in [-0.05, 0) is 13.8 Å². The van der Waals surface area contributed by atoms with Crippen LogP contribution in [0.4, 0.5) is 0 Å². The smallest absolute Gasteiger partial charge is 0.275 e. The van der Waals surface area contributed by atoms with Gasteiger partial charge in [-0.25, -0.2) is 0 Å². The third-order valence-corrected chi connectivity index (χ3v) is 2.93. The summed E-state index contributed by atoms with van der Waals surface area (Å²) in [5.74, 6) is -0.0496. The van der Waals surface area contributed by atoms with Crippen molar-refractivity contribution < 1.29 is 9.53 Å². The largest absolute Gasteiger partial charge is 0.375 e. The van der Waals surface area contributed by atoms with Gasteiger partial charge in [0.25, 0.3) is 5.91 Å². The number of carbonyl (C=O) groups is 1. The second-order valence-electron chi connectivity index (χ2n) is 3.74. The molecule has 0 spiro atoms. The first-order valence-corrected chi connectivity index (χ1v) is 5.61. The van der Waals surface area contributed by atoms with Gasteiger partial charge in [0.15, 0.2) is 5.69 Å². The Kier molecular flexibility index (Phi) is 2.97. The molecule has 15 heavy (non-hydrogen) atoms. The first kappa shape index (κ1) is 10.5. The highest BCUT2D eigenvalue weighted by Crippen LogP contribution is 2.14. The summed E-state index contributed by atoms with van der Waals surface area (Å²) in [6.07, 6.45) is 1.61. The molecule has 1 aromatic heterocycles. The summed E-state index contributed by atoms with van der Waals surface area (Å²) < 4.78 is 13.2. The van der Waals surface area contributed by atoms with Gasteiger partial charge >= 0.3 is 0 Å². The fourth-order valence-electron chi connectivity index (χ4n) is 1.59. The Bertz CT molecular complexity index is 341. The number of amides is 1. The number of hydrogen-bond acceptors (Lipinski definition) is 5. The van der Waals surface area contributed by atoms with Crippen LogP contribution in [0.5, 0.6) is 0 Å². The maximum absolute atomic E-state index is 12.0. The van der Waals surface area contributed by atoms with E-state index in [2.05, 4.69) is 8.75 Å². The summed E-state index contributed by atoms with van der Waals surface area (Å²) in [5, 5.41) is 0. The lowest BCUT2D eigenvalue weighted by Gasteiger charge is -2.36. The molecule has 0 aliphatic carbocycles. The van der Waals surface area contributed by atoms with Crippen LogP contribution in [-0.4, -0.2) is 44.9 Å². The second-order valence-corrected chi connectivity index (χ2v) is 4.30. The number of rotatable bonds is 1. The maximum Gasteiger partial charge on any atom is 0.275 e. The third-order valence-electron chi connectivity index (χ3n) is 2.45. The van der Waals surface area contributed by atoms with E-state index in [-0.39, 0.29) is 18.1 Å². The minimum Gasteiger partial charge on any atom is -0.375 e. The molecule has 1 saturated heterocycles. The molecule has 1 aliphatic rings. The van der Waals surface area contributed by atoms with Crippen molar-refractivity contribution in [1.29, 1.82) is 0 Å². The highest BCUT2D eigenvalue weighted by atomic mass is 32.1. The molecule has 1 aliphatic heterocycles. The number of nitrogens with zero attached hydrogens (tertiary/aromatic N) is 3. The predicted molar refractivity (Wildman–Crippen MR) is 55.8 cm³/mol. The van der Waals surface area contributed by atoms with Crippen LogP contribution in [0.15, 0.2) is 6.20 Å². The van der Waals surface area contributed by atoms with E-state index in [1.54, 1.807) is 4.90 Å². The van der Waals surface area contributed by atoms with Crippen LogP contribution in [0.3, 0.4) is 0 Å². The predicted octanol–water partition coefficient (Wildman–Crippen LogP) is 0.787. The average molecular weight is 227 g/mol. The van der Waals surface area contributed by atoms with E-state index in [1.807, 2.05) is 13.8 Å². The molecule has 1 aromatic rings. The molecule has 2 rings (SSSR count). The van der Waals surface area contributed by atoms with Crippen molar-refractivity contribution >= 4 is 17.6 Å². The van der Waals surface area contributed by atoms with Crippen LogP contribution in [0.2, 0.25) is 0 Å². The van der Waals surface area contributed by atoms with Crippen LogP contribution < -0.4 is 0 Å². The van der Waals surface area contributed by atoms with Gasteiger partial charge in [-0.3, -0.25) is 4.79 Å². The lowest BCUT2D eigenvalue weighted by atomic mass is 10.2. The molecule has 0 bridgehead atoms. The van der Waals surface area contributed by atoms with Crippen molar-refractivity contribution in [3.63, 3.8) is 0 Å². The first-order chi connectivity index (χ1) is 7.18. The minimum absolute atomic E-state index is 0.0496. The Labute approximate surface area is 92.4 Å². The number of morpholine rings is 1. The fraction of sp³-hybridized carbons (Fsp3) is 0.667. The molecule has 1 amide bonds. The summed E-state index contributed by atoms with van der Waals surface area (Å²) in [6.45, 7) is 5.15. The zero-order chi connectivity index (χ0) is 10.8. The molecule has 5 nitrogen and oxygen atoms in total. The Hall–Kier alpha value is -1.01. The zero-order valence-electron chi connectivity index (χ0n) is 8.71. The van der Waals surface area contributed by atoms with Gasteiger partial charge in [0.1, 0.15) is 0 Å². The van der Waals surface area contributed by atoms with Crippen molar-refractivity contribution in [1.82, 2.24) is 13.6 Å². The number of ether oxygens (including phenoxy) is 1. The van der Waals surface area contributed by atoms with Crippen LogP contribution in [0.1, 0.15) is 24.3 Å². The molecule has 1 fully saturated rings. The molecule has 2 heterocycles.